The van der Waals surface area contributed by atoms with E-state index < -0.39 is 12.3 Å². The zero-order chi connectivity index (χ0) is 8.69. The summed E-state index contributed by atoms with van der Waals surface area (Å²) >= 11 is 0. The van der Waals surface area contributed by atoms with E-state index in [4.69, 9.17) is 0 Å². The minimum absolute atomic E-state index is 0.142. The molecule has 0 aromatic heterocycles. The van der Waals surface area contributed by atoms with Gasteiger partial charge < -0.3 is 9.47 Å². The third-order valence-electron chi connectivity index (χ3n) is 0.763. The van der Waals surface area contributed by atoms with Crippen molar-refractivity contribution in [2.75, 3.05) is 6.61 Å². The second-order valence-corrected chi connectivity index (χ2v) is 1.54. The van der Waals surface area contributed by atoms with E-state index in [2.05, 4.69) is 9.47 Å². The molecule has 0 saturated carbocycles. The minimum atomic E-state index is -1.35. The van der Waals surface area contributed by atoms with Gasteiger partial charge in [0.05, 0.1) is 6.61 Å². The molecule has 0 rings (SSSR count). The number of ether oxygens (including phenoxy) is 2. The molecule has 0 atom stereocenters. The standard InChI is InChI=1S/C6H8O5/c1-2-10-6(9)11-5(3-7)4-8/h3-5H,2H2,1H3. The first-order valence-corrected chi connectivity index (χ1v) is 2.98. The lowest BCUT2D eigenvalue weighted by molar-refractivity contribution is -0.126. The van der Waals surface area contributed by atoms with E-state index in [9.17, 15) is 14.4 Å². The fraction of sp³-hybridized carbons (Fsp3) is 0.500. The van der Waals surface area contributed by atoms with Crippen LogP contribution < -0.4 is 0 Å². The molecule has 0 unspecified atom stereocenters. The Labute approximate surface area is 63.3 Å². The predicted octanol–water partition coefficient (Wildman–Crippen LogP) is -0.0741. The van der Waals surface area contributed by atoms with Crippen molar-refractivity contribution < 1.29 is 23.9 Å². The molecule has 0 N–H and O–H groups in total. The van der Waals surface area contributed by atoms with E-state index in [-0.39, 0.29) is 19.2 Å². The van der Waals surface area contributed by atoms with E-state index >= 15 is 0 Å². The third kappa shape index (κ3) is 4.07. The Hall–Kier alpha value is -1.39. The van der Waals surface area contributed by atoms with Crippen molar-refractivity contribution in [1.29, 1.82) is 0 Å². The van der Waals surface area contributed by atoms with Crippen LogP contribution in [0.2, 0.25) is 0 Å². The quantitative estimate of drug-likeness (QED) is 0.327. The summed E-state index contributed by atoms with van der Waals surface area (Å²) in [5, 5.41) is 0. The van der Waals surface area contributed by atoms with Crippen molar-refractivity contribution in [3.05, 3.63) is 0 Å². The van der Waals surface area contributed by atoms with Gasteiger partial charge in [0, 0.05) is 0 Å². The largest absolute Gasteiger partial charge is 0.509 e. The minimum Gasteiger partial charge on any atom is -0.435 e. The van der Waals surface area contributed by atoms with Gasteiger partial charge in [0.2, 0.25) is 6.10 Å². The lowest BCUT2D eigenvalue weighted by Gasteiger charge is -2.04. The predicted molar refractivity (Wildman–Crippen MR) is 34.0 cm³/mol. The number of hydrogen-bond acceptors (Lipinski definition) is 5. The van der Waals surface area contributed by atoms with Crippen LogP contribution in [0.5, 0.6) is 0 Å². The van der Waals surface area contributed by atoms with Crippen LogP contribution in [0.25, 0.3) is 0 Å². The highest BCUT2D eigenvalue weighted by molar-refractivity contribution is 5.83. The van der Waals surface area contributed by atoms with Crippen molar-refractivity contribution in [2.24, 2.45) is 0 Å². The molecule has 0 aliphatic heterocycles. The summed E-state index contributed by atoms with van der Waals surface area (Å²) in [6, 6.07) is 0. The lowest BCUT2D eigenvalue weighted by Crippen LogP contribution is -2.21. The van der Waals surface area contributed by atoms with Gasteiger partial charge in [-0.3, -0.25) is 9.59 Å². The Balaban J connectivity index is 3.71. The van der Waals surface area contributed by atoms with E-state index in [1.54, 1.807) is 6.92 Å². The van der Waals surface area contributed by atoms with Gasteiger partial charge in [-0.2, -0.15) is 0 Å². The van der Waals surface area contributed by atoms with Crippen LogP contribution in [0.15, 0.2) is 0 Å². The molecule has 0 spiro atoms. The smallest absolute Gasteiger partial charge is 0.435 e. The van der Waals surface area contributed by atoms with Crippen LogP contribution in [-0.4, -0.2) is 31.4 Å². The van der Waals surface area contributed by atoms with Crippen LogP contribution in [0, 0.1) is 0 Å². The monoisotopic (exact) mass is 160 g/mol. The highest BCUT2D eigenvalue weighted by Crippen LogP contribution is 1.88. The molecular weight excluding hydrogens is 152 g/mol. The number of aldehydes is 2. The molecule has 0 aliphatic rings. The Kier molecular flexibility index (Phi) is 4.72. The molecule has 0 fully saturated rings. The van der Waals surface area contributed by atoms with Gasteiger partial charge in [-0.15, -0.1) is 0 Å². The summed E-state index contributed by atoms with van der Waals surface area (Å²) in [7, 11) is 0. The second kappa shape index (κ2) is 5.40. The van der Waals surface area contributed by atoms with Gasteiger partial charge in [-0.05, 0) is 6.92 Å². The maximum atomic E-state index is 10.4. The van der Waals surface area contributed by atoms with Gasteiger partial charge in [0.25, 0.3) is 0 Å². The SMILES string of the molecule is CCOC(=O)OC(C=O)C=O. The van der Waals surface area contributed by atoms with Crippen molar-refractivity contribution in [3.8, 4) is 0 Å². The zero-order valence-electron chi connectivity index (χ0n) is 5.98. The van der Waals surface area contributed by atoms with Crippen LogP contribution >= 0.6 is 0 Å². The molecular formula is C6H8O5. The lowest BCUT2D eigenvalue weighted by atomic mass is 10.4. The molecule has 5 nitrogen and oxygen atoms in total. The Morgan fingerprint density at radius 2 is 2.00 bits per heavy atom. The first kappa shape index (κ1) is 9.61. The molecule has 0 bridgehead atoms. The van der Waals surface area contributed by atoms with Gasteiger partial charge in [-0.1, -0.05) is 0 Å². The van der Waals surface area contributed by atoms with Crippen LogP contribution in [0.1, 0.15) is 6.92 Å². The highest BCUT2D eigenvalue weighted by Gasteiger charge is 2.11. The Bertz CT molecular complexity index is 145. The number of carbonyl (C=O) groups excluding carboxylic acids is 3. The van der Waals surface area contributed by atoms with Gasteiger partial charge >= 0.3 is 6.16 Å². The van der Waals surface area contributed by atoms with Crippen LogP contribution in [0.4, 0.5) is 4.79 Å². The fourth-order valence-electron chi connectivity index (χ4n) is 0.351. The molecule has 0 aliphatic carbocycles. The summed E-state index contributed by atoms with van der Waals surface area (Å²) in [6.45, 7) is 1.72. The summed E-state index contributed by atoms with van der Waals surface area (Å²) in [6.07, 6.45) is -1.95. The topological polar surface area (TPSA) is 69.7 Å². The normalized spacial score (nSPS) is 8.91. The van der Waals surface area contributed by atoms with E-state index in [0.29, 0.717) is 0 Å². The third-order valence-corrected chi connectivity index (χ3v) is 0.763. The first-order chi connectivity index (χ1) is 5.24. The average molecular weight is 160 g/mol. The summed E-state index contributed by atoms with van der Waals surface area (Å²) in [4.78, 5) is 30.2. The van der Waals surface area contributed by atoms with E-state index in [1.807, 2.05) is 0 Å². The molecule has 62 valence electrons. The van der Waals surface area contributed by atoms with Gasteiger partial charge in [0.15, 0.2) is 12.6 Å². The van der Waals surface area contributed by atoms with Crippen LogP contribution in [-0.2, 0) is 19.1 Å². The average Bonchev–Trinajstić information content (AvgIpc) is 2.01. The maximum absolute atomic E-state index is 10.4. The molecule has 0 heterocycles. The molecule has 0 aromatic carbocycles. The van der Waals surface area contributed by atoms with Crippen molar-refractivity contribution in [1.82, 2.24) is 0 Å². The first-order valence-electron chi connectivity index (χ1n) is 2.98. The molecule has 0 amide bonds. The molecule has 5 heteroatoms. The number of rotatable bonds is 4. The fourth-order valence-corrected chi connectivity index (χ4v) is 0.351. The van der Waals surface area contributed by atoms with Crippen LogP contribution in [0.3, 0.4) is 0 Å². The molecule has 0 saturated heterocycles. The summed E-state index contributed by atoms with van der Waals surface area (Å²) in [5.74, 6) is 0. The highest BCUT2D eigenvalue weighted by atomic mass is 16.7. The Morgan fingerprint density at radius 1 is 1.45 bits per heavy atom. The van der Waals surface area contributed by atoms with Gasteiger partial charge in [-0.25, -0.2) is 4.79 Å². The second-order valence-electron chi connectivity index (χ2n) is 1.54. The van der Waals surface area contributed by atoms with Gasteiger partial charge in [0.1, 0.15) is 0 Å². The van der Waals surface area contributed by atoms with E-state index in [1.165, 1.54) is 0 Å². The van der Waals surface area contributed by atoms with Crippen molar-refractivity contribution >= 4 is 18.7 Å². The zero-order valence-corrected chi connectivity index (χ0v) is 5.98. The summed E-state index contributed by atoms with van der Waals surface area (Å²) in [5.41, 5.74) is 0. The maximum Gasteiger partial charge on any atom is 0.509 e. The van der Waals surface area contributed by atoms with Crippen molar-refractivity contribution in [3.63, 3.8) is 0 Å². The number of hydrogen-bond donors (Lipinski definition) is 0. The Morgan fingerprint density at radius 3 is 2.36 bits per heavy atom. The summed E-state index contributed by atoms with van der Waals surface area (Å²) < 4.78 is 8.49. The molecule has 0 radical (unpaired) electrons. The van der Waals surface area contributed by atoms with Crippen molar-refractivity contribution in [2.45, 2.75) is 13.0 Å². The molecule has 0 aromatic rings. The van der Waals surface area contributed by atoms with E-state index in [0.717, 1.165) is 0 Å². The molecule has 11 heavy (non-hydrogen) atoms. The number of carbonyl (C=O) groups is 3.